The van der Waals surface area contributed by atoms with Gasteiger partial charge in [-0.1, -0.05) is 0 Å². The number of methoxy groups -OCH3 is 1. The second-order valence-corrected chi connectivity index (χ2v) is 9.66. The van der Waals surface area contributed by atoms with Crippen LogP contribution in [0.1, 0.15) is 29.8 Å². The Balaban J connectivity index is 1.52. The zero-order chi connectivity index (χ0) is 19.0. The molecule has 0 saturated carbocycles. The van der Waals surface area contributed by atoms with Gasteiger partial charge in [-0.3, -0.25) is 4.79 Å². The SMILES string of the molecule is COc1ccc(S(=O)(=O)N2CCC[C@@H]2C(=O)Nc2nc3c(s2)CCC3)cc1. The minimum atomic E-state index is -3.75. The predicted molar refractivity (Wildman–Crippen MR) is 103 cm³/mol. The van der Waals surface area contributed by atoms with Crippen LogP contribution in [0.15, 0.2) is 29.2 Å². The summed E-state index contributed by atoms with van der Waals surface area (Å²) in [6, 6.07) is 5.51. The molecule has 27 heavy (non-hydrogen) atoms. The number of thiazole rings is 1. The molecule has 1 aromatic carbocycles. The number of ether oxygens (including phenoxy) is 1. The van der Waals surface area contributed by atoms with Crippen molar-refractivity contribution in [3.63, 3.8) is 0 Å². The van der Waals surface area contributed by atoms with E-state index in [0.29, 0.717) is 30.3 Å². The largest absolute Gasteiger partial charge is 0.497 e. The van der Waals surface area contributed by atoms with Gasteiger partial charge in [0.25, 0.3) is 0 Å². The molecule has 0 unspecified atom stereocenters. The molecule has 2 heterocycles. The molecule has 1 aromatic heterocycles. The Morgan fingerprint density at radius 1 is 1.26 bits per heavy atom. The summed E-state index contributed by atoms with van der Waals surface area (Å²) in [5, 5.41) is 3.40. The van der Waals surface area contributed by atoms with Crippen LogP contribution in [0.3, 0.4) is 0 Å². The molecule has 1 N–H and O–H groups in total. The molecule has 9 heteroatoms. The molecular weight excluding hydrogens is 386 g/mol. The number of anilines is 1. The number of benzene rings is 1. The molecule has 144 valence electrons. The van der Waals surface area contributed by atoms with Crippen LogP contribution in [0.25, 0.3) is 0 Å². The van der Waals surface area contributed by atoms with E-state index in [1.165, 1.54) is 39.8 Å². The van der Waals surface area contributed by atoms with Crippen LogP contribution in [0.5, 0.6) is 5.75 Å². The number of amides is 1. The van der Waals surface area contributed by atoms with Gasteiger partial charge in [0.1, 0.15) is 11.8 Å². The topological polar surface area (TPSA) is 88.6 Å². The Kier molecular flexibility index (Phi) is 4.92. The van der Waals surface area contributed by atoms with E-state index in [-0.39, 0.29) is 10.8 Å². The maximum Gasteiger partial charge on any atom is 0.244 e. The van der Waals surface area contributed by atoms with Crippen LogP contribution in [0, 0.1) is 0 Å². The van der Waals surface area contributed by atoms with Crippen LogP contribution in [-0.4, -0.2) is 43.3 Å². The van der Waals surface area contributed by atoms with Gasteiger partial charge in [-0.15, -0.1) is 11.3 Å². The van der Waals surface area contributed by atoms with Crippen LogP contribution in [0.4, 0.5) is 5.13 Å². The summed E-state index contributed by atoms with van der Waals surface area (Å²) >= 11 is 1.49. The van der Waals surface area contributed by atoms with E-state index in [9.17, 15) is 13.2 Å². The van der Waals surface area contributed by atoms with Crippen molar-refractivity contribution in [1.82, 2.24) is 9.29 Å². The fourth-order valence-electron chi connectivity index (χ4n) is 3.61. The highest BCUT2D eigenvalue weighted by Crippen LogP contribution is 2.32. The lowest BCUT2D eigenvalue weighted by molar-refractivity contribution is -0.119. The number of carbonyl (C=O) groups excluding carboxylic acids is 1. The number of aromatic nitrogens is 1. The van der Waals surface area contributed by atoms with E-state index >= 15 is 0 Å². The first-order chi connectivity index (χ1) is 13.0. The highest BCUT2D eigenvalue weighted by molar-refractivity contribution is 7.89. The number of nitrogens with one attached hydrogen (secondary N) is 1. The second-order valence-electron chi connectivity index (χ2n) is 6.68. The molecule has 1 fully saturated rings. The monoisotopic (exact) mass is 407 g/mol. The highest BCUT2D eigenvalue weighted by Gasteiger charge is 2.39. The normalized spacial score (nSPS) is 19.8. The molecule has 0 radical (unpaired) electrons. The molecule has 1 aliphatic heterocycles. The van der Waals surface area contributed by atoms with Gasteiger partial charge in [0.2, 0.25) is 15.9 Å². The van der Waals surface area contributed by atoms with E-state index in [1.54, 1.807) is 12.1 Å². The fraction of sp³-hybridized carbons (Fsp3) is 0.444. The third kappa shape index (κ3) is 3.46. The third-order valence-corrected chi connectivity index (χ3v) is 7.99. The van der Waals surface area contributed by atoms with Gasteiger partial charge in [0.05, 0.1) is 17.7 Å². The first-order valence-corrected chi connectivity index (χ1v) is 11.2. The third-order valence-electron chi connectivity index (χ3n) is 5.00. The van der Waals surface area contributed by atoms with Crippen molar-refractivity contribution < 1.29 is 17.9 Å². The van der Waals surface area contributed by atoms with Crippen molar-refractivity contribution in [2.75, 3.05) is 19.0 Å². The Morgan fingerprint density at radius 3 is 2.74 bits per heavy atom. The van der Waals surface area contributed by atoms with Gasteiger partial charge in [0, 0.05) is 11.4 Å². The molecule has 2 aromatic rings. The van der Waals surface area contributed by atoms with Crippen molar-refractivity contribution in [2.24, 2.45) is 0 Å². The van der Waals surface area contributed by atoms with Crippen LogP contribution in [0.2, 0.25) is 0 Å². The van der Waals surface area contributed by atoms with Gasteiger partial charge in [-0.05, 0) is 56.4 Å². The highest BCUT2D eigenvalue weighted by atomic mass is 32.2. The first-order valence-electron chi connectivity index (χ1n) is 8.94. The number of nitrogens with zero attached hydrogens (tertiary/aromatic N) is 2. The molecular formula is C18H21N3O4S2. The maximum absolute atomic E-state index is 13.0. The number of fused-ring (bicyclic) bond motifs is 1. The predicted octanol–water partition coefficient (Wildman–Crippen LogP) is 2.43. The molecule has 1 atom stereocenters. The Labute approximate surface area is 162 Å². The lowest BCUT2D eigenvalue weighted by atomic mass is 10.2. The number of carbonyl (C=O) groups is 1. The Bertz CT molecular complexity index is 932. The van der Waals surface area contributed by atoms with Gasteiger partial charge < -0.3 is 10.1 Å². The summed E-state index contributed by atoms with van der Waals surface area (Å²) < 4.78 is 32.4. The summed E-state index contributed by atoms with van der Waals surface area (Å²) in [5.74, 6) is 0.276. The van der Waals surface area contributed by atoms with Crippen molar-refractivity contribution in [3.8, 4) is 5.75 Å². The summed E-state index contributed by atoms with van der Waals surface area (Å²) in [6.07, 6.45) is 4.22. The van der Waals surface area contributed by atoms with E-state index in [0.717, 1.165) is 25.0 Å². The Hall–Kier alpha value is -1.97. The fourth-order valence-corrected chi connectivity index (χ4v) is 6.31. The summed E-state index contributed by atoms with van der Waals surface area (Å²) in [7, 11) is -2.22. The van der Waals surface area contributed by atoms with Crippen LogP contribution < -0.4 is 10.1 Å². The van der Waals surface area contributed by atoms with E-state index < -0.39 is 16.1 Å². The van der Waals surface area contributed by atoms with Gasteiger partial charge in [-0.2, -0.15) is 4.31 Å². The average Bonchev–Trinajstić information content (AvgIpc) is 3.37. The van der Waals surface area contributed by atoms with Crippen LogP contribution in [-0.2, 0) is 27.7 Å². The number of hydrogen-bond donors (Lipinski definition) is 1. The lowest BCUT2D eigenvalue weighted by Crippen LogP contribution is -2.43. The molecule has 1 aliphatic carbocycles. The number of sulfonamides is 1. The Morgan fingerprint density at radius 2 is 2.04 bits per heavy atom. The molecule has 1 amide bonds. The summed E-state index contributed by atoms with van der Waals surface area (Å²) in [6.45, 7) is 0.334. The van der Waals surface area contributed by atoms with Crippen molar-refractivity contribution in [1.29, 1.82) is 0 Å². The number of rotatable bonds is 5. The van der Waals surface area contributed by atoms with Crippen molar-refractivity contribution in [2.45, 2.75) is 43.0 Å². The number of hydrogen-bond acceptors (Lipinski definition) is 6. The van der Waals surface area contributed by atoms with Gasteiger partial charge in [-0.25, -0.2) is 13.4 Å². The van der Waals surface area contributed by atoms with Crippen molar-refractivity contribution >= 4 is 32.4 Å². The van der Waals surface area contributed by atoms with E-state index in [4.69, 9.17) is 4.74 Å². The van der Waals surface area contributed by atoms with E-state index in [2.05, 4.69) is 10.3 Å². The molecule has 0 spiro atoms. The zero-order valence-electron chi connectivity index (χ0n) is 15.0. The maximum atomic E-state index is 13.0. The average molecular weight is 408 g/mol. The summed E-state index contributed by atoms with van der Waals surface area (Å²) in [5.41, 5.74) is 1.06. The summed E-state index contributed by atoms with van der Waals surface area (Å²) in [4.78, 5) is 18.6. The molecule has 1 saturated heterocycles. The number of aryl methyl sites for hydroxylation is 2. The standard InChI is InChI=1S/C18H21N3O4S2/c1-25-12-7-9-13(10-8-12)27(23,24)21-11-3-5-15(21)17(22)20-18-19-14-4-2-6-16(14)26-18/h7-10,15H,2-6,11H2,1H3,(H,19,20,22)/t15-/m1/s1. The quantitative estimate of drug-likeness (QED) is 0.822. The molecule has 0 bridgehead atoms. The minimum absolute atomic E-state index is 0.163. The first kappa shape index (κ1) is 18.4. The minimum Gasteiger partial charge on any atom is -0.497 e. The van der Waals surface area contributed by atoms with Gasteiger partial charge >= 0.3 is 0 Å². The van der Waals surface area contributed by atoms with E-state index in [1.807, 2.05) is 0 Å². The second kappa shape index (κ2) is 7.21. The van der Waals surface area contributed by atoms with Crippen molar-refractivity contribution in [3.05, 3.63) is 34.8 Å². The van der Waals surface area contributed by atoms with Crippen LogP contribution >= 0.6 is 11.3 Å². The molecule has 2 aliphatic rings. The molecule has 7 nitrogen and oxygen atoms in total. The van der Waals surface area contributed by atoms with Gasteiger partial charge in [0.15, 0.2) is 5.13 Å². The smallest absolute Gasteiger partial charge is 0.244 e. The lowest BCUT2D eigenvalue weighted by Gasteiger charge is -2.23. The molecule has 4 rings (SSSR count). The zero-order valence-corrected chi connectivity index (χ0v) is 16.6.